The number of hydrogen-bond donors (Lipinski definition) is 1. The second-order valence-corrected chi connectivity index (χ2v) is 6.08. The highest BCUT2D eigenvalue weighted by atomic mass is 16.5. The Labute approximate surface area is 141 Å². The predicted octanol–water partition coefficient (Wildman–Crippen LogP) is 2.37. The molecule has 1 aliphatic heterocycles. The second kappa shape index (κ2) is 6.84. The summed E-state index contributed by atoms with van der Waals surface area (Å²) >= 11 is 0. The molecule has 1 heterocycles. The molecule has 1 aliphatic rings. The molecule has 5 nitrogen and oxygen atoms in total. The summed E-state index contributed by atoms with van der Waals surface area (Å²) in [6.07, 6.45) is 0.632. The Bertz CT molecular complexity index is 756. The molecule has 24 heavy (non-hydrogen) atoms. The lowest BCUT2D eigenvalue weighted by atomic mass is 9.96. The predicted molar refractivity (Wildman–Crippen MR) is 92.5 cm³/mol. The number of rotatable bonds is 5. The number of anilines is 1. The number of hydrogen-bond acceptors (Lipinski definition) is 4. The first-order chi connectivity index (χ1) is 11.5. The lowest BCUT2D eigenvalue weighted by Gasteiger charge is -2.24. The number of likely N-dealkylation sites (N-methyl/N-ethyl adjacent to an activating group) is 1. The molecule has 2 aromatic carbocycles. The number of ether oxygens (including phenoxy) is 1. The van der Waals surface area contributed by atoms with Crippen LogP contribution in [0.5, 0.6) is 5.75 Å². The van der Waals surface area contributed by atoms with Gasteiger partial charge in [-0.15, -0.1) is 0 Å². The third-order valence-corrected chi connectivity index (χ3v) is 4.09. The standard InChI is InChI=1S/C19H20N2O3/c1-21(2)16(10-13-6-4-3-5-7-13)19(23)14-8-9-17-15(11-14)20-18(22)12-24-17/h3-9,11,16H,10,12H2,1-2H3,(H,20,22)/t16-/m0/s1. The minimum Gasteiger partial charge on any atom is -0.482 e. The lowest BCUT2D eigenvalue weighted by molar-refractivity contribution is -0.118. The minimum atomic E-state index is -0.273. The molecule has 0 saturated heterocycles. The first kappa shape index (κ1) is 16.2. The molecule has 5 heteroatoms. The van der Waals surface area contributed by atoms with E-state index < -0.39 is 0 Å². The summed E-state index contributed by atoms with van der Waals surface area (Å²) in [5, 5.41) is 2.74. The summed E-state index contributed by atoms with van der Waals surface area (Å²) in [6.45, 7) is 0.00855. The molecule has 0 aromatic heterocycles. The number of nitrogens with zero attached hydrogens (tertiary/aromatic N) is 1. The first-order valence-corrected chi connectivity index (χ1v) is 7.86. The number of carbonyl (C=O) groups is 2. The molecule has 2 aromatic rings. The van der Waals surface area contributed by atoms with E-state index in [0.29, 0.717) is 23.4 Å². The van der Waals surface area contributed by atoms with Gasteiger partial charge < -0.3 is 10.1 Å². The number of carbonyl (C=O) groups excluding carboxylic acids is 2. The molecule has 0 saturated carbocycles. The van der Waals surface area contributed by atoms with Crippen LogP contribution in [0.25, 0.3) is 0 Å². The summed E-state index contributed by atoms with van der Waals surface area (Å²) < 4.78 is 5.34. The van der Waals surface area contributed by atoms with E-state index in [9.17, 15) is 9.59 Å². The SMILES string of the molecule is CN(C)[C@@H](Cc1ccccc1)C(=O)c1ccc2c(c1)NC(=O)CO2. The van der Waals surface area contributed by atoms with Crippen LogP contribution in [0.15, 0.2) is 48.5 Å². The summed E-state index contributed by atoms with van der Waals surface area (Å²) in [6, 6.07) is 14.8. The molecule has 0 unspecified atom stereocenters. The van der Waals surface area contributed by atoms with E-state index in [1.54, 1.807) is 18.2 Å². The summed E-state index contributed by atoms with van der Waals surface area (Å²) in [7, 11) is 3.80. The topological polar surface area (TPSA) is 58.6 Å². The Hall–Kier alpha value is -2.66. The average molecular weight is 324 g/mol. The smallest absolute Gasteiger partial charge is 0.262 e. The Morgan fingerprint density at radius 1 is 1.21 bits per heavy atom. The molecule has 1 amide bonds. The highest BCUT2D eigenvalue weighted by Gasteiger charge is 2.24. The van der Waals surface area contributed by atoms with Gasteiger partial charge in [-0.3, -0.25) is 14.5 Å². The van der Waals surface area contributed by atoms with Gasteiger partial charge in [0.15, 0.2) is 12.4 Å². The van der Waals surface area contributed by atoms with Crippen LogP contribution in [-0.4, -0.2) is 43.3 Å². The van der Waals surface area contributed by atoms with Crippen LogP contribution in [-0.2, 0) is 11.2 Å². The van der Waals surface area contributed by atoms with Gasteiger partial charge in [0.1, 0.15) is 5.75 Å². The average Bonchev–Trinajstić information content (AvgIpc) is 2.59. The van der Waals surface area contributed by atoms with Gasteiger partial charge in [0, 0.05) is 5.56 Å². The molecule has 124 valence electrons. The van der Waals surface area contributed by atoms with Crippen LogP contribution < -0.4 is 10.1 Å². The number of benzene rings is 2. The summed E-state index contributed by atoms with van der Waals surface area (Å²) in [4.78, 5) is 26.3. The van der Waals surface area contributed by atoms with Gasteiger partial charge in [-0.05, 0) is 44.3 Å². The molecule has 3 rings (SSSR count). The van der Waals surface area contributed by atoms with E-state index in [2.05, 4.69) is 5.32 Å². The van der Waals surface area contributed by atoms with Crippen molar-refractivity contribution in [1.29, 1.82) is 0 Å². The molecular formula is C19H20N2O3. The van der Waals surface area contributed by atoms with Crippen LogP contribution in [0, 0.1) is 0 Å². The Morgan fingerprint density at radius 2 is 1.96 bits per heavy atom. The van der Waals surface area contributed by atoms with Gasteiger partial charge in [0.05, 0.1) is 11.7 Å². The van der Waals surface area contributed by atoms with Crippen LogP contribution in [0.4, 0.5) is 5.69 Å². The maximum Gasteiger partial charge on any atom is 0.262 e. The molecular weight excluding hydrogens is 304 g/mol. The minimum absolute atomic E-state index is 0.00855. The van der Waals surface area contributed by atoms with E-state index in [0.717, 1.165) is 5.56 Å². The van der Waals surface area contributed by atoms with Crippen molar-refractivity contribution in [3.05, 3.63) is 59.7 Å². The zero-order chi connectivity index (χ0) is 17.1. The van der Waals surface area contributed by atoms with Crippen molar-refractivity contribution in [3.8, 4) is 5.75 Å². The fourth-order valence-electron chi connectivity index (χ4n) is 2.78. The Kier molecular flexibility index (Phi) is 4.62. The van der Waals surface area contributed by atoms with Gasteiger partial charge in [-0.1, -0.05) is 30.3 Å². The normalized spacial score (nSPS) is 14.5. The van der Waals surface area contributed by atoms with E-state index in [1.807, 2.05) is 49.3 Å². The van der Waals surface area contributed by atoms with E-state index in [1.165, 1.54) is 0 Å². The van der Waals surface area contributed by atoms with Crippen molar-refractivity contribution in [2.45, 2.75) is 12.5 Å². The maximum atomic E-state index is 13.0. The van der Waals surface area contributed by atoms with Crippen molar-refractivity contribution < 1.29 is 14.3 Å². The quantitative estimate of drug-likeness (QED) is 0.858. The monoisotopic (exact) mass is 324 g/mol. The number of fused-ring (bicyclic) bond motifs is 1. The van der Waals surface area contributed by atoms with Crippen molar-refractivity contribution in [2.24, 2.45) is 0 Å². The lowest BCUT2D eigenvalue weighted by Crippen LogP contribution is -2.38. The molecule has 1 N–H and O–H groups in total. The molecule has 0 radical (unpaired) electrons. The van der Waals surface area contributed by atoms with Crippen molar-refractivity contribution in [3.63, 3.8) is 0 Å². The number of amides is 1. The highest BCUT2D eigenvalue weighted by molar-refractivity contribution is 6.03. The van der Waals surface area contributed by atoms with Gasteiger partial charge in [0.25, 0.3) is 5.91 Å². The zero-order valence-electron chi connectivity index (χ0n) is 13.8. The Morgan fingerprint density at radius 3 is 2.67 bits per heavy atom. The van der Waals surface area contributed by atoms with Gasteiger partial charge in [0.2, 0.25) is 0 Å². The van der Waals surface area contributed by atoms with Crippen molar-refractivity contribution >= 4 is 17.4 Å². The van der Waals surface area contributed by atoms with Crippen LogP contribution in [0.2, 0.25) is 0 Å². The van der Waals surface area contributed by atoms with Crippen LogP contribution >= 0.6 is 0 Å². The van der Waals surface area contributed by atoms with Crippen LogP contribution in [0.3, 0.4) is 0 Å². The zero-order valence-corrected chi connectivity index (χ0v) is 13.8. The molecule has 0 spiro atoms. The third kappa shape index (κ3) is 3.46. The van der Waals surface area contributed by atoms with Crippen molar-refractivity contribution in [2.75, 3.05) is 26.0 Å². The van der Waals surface area contributed by atoms with E-state index >= 15 is 0 Å². The van der Waals surface area contributed by atoms with Gasteiger partial charge in [-0.2, -0.15) is 0 Å². The van der Waals surface area contributed by atoms with Crippen LogP contribution in [0.1, 0.15) is 15.9 Å². The molecule has 1 atom stereocenters. The Balaban J connectivity index is 1.85. The fraction of sp³-hybridized carbons (Fsp3) is 0.263. The number of nitrogens with one attached hydrogen (secondary N) is 1. The maximum absolute atomic E-state index is 13.0. The number of ketones is 1. The third-order valence-electron chi connectivity index (χ3n) is 4.09. The van der Waals surface area contributed by atoms with Gasteiger partial charge in [-0.25, -0.2) is 0 Å². The van der Waals surface area contributed by atoms with Crippen molar-refractivity contribution in [1.82, 2.24) is 4.90 Å². The van der Waals surface area contributed by atoms with Gasteiger partial charge >= 0.3 is 0 Å². The summed E-state index contributed by atoms with van der Waals surface area (Å²) in [5.74, 6) is 0.405. The molecule has 0 bridgehead atoms. The summed E-state index contributed by atoms with van der Waals surface area (Å²) in [5.41, 5.74) is 2.22. The largest absolute Gasteiger partial charge is 0.482 e. The molecule has 0 fully saturated rings. The van der Waals surface area contributed by atoms with E-state index in [-0.39, 0.29) is 24.3 Å². The molecule has 0 aliphatic carbocycles. The second-order valence-electron chi connectivity index (χ2n) is 6.08. The first-order valence-electron chi connectivity index (χ1n) is 7.86. The fourth-order valence-corrected chi connectivity index (χ4v) is 2.78. The number of Topliss-reactive ketones (excluding diaryl/α,β-unsaturated/α-hetero) is 1. The van der Waals surface area contributed by atoms with E-state index in [4.69, 9.17) is 4.74 Å². The highest BCUT2D eigenvalue weighted by Crippen LogP contribution is 2.29.